The predicted molar refractivity (Wildman–Crippen MR) is 224 cm³/mol. The van der Waals surface area contributed by atoms with Crippen molar-refractivity contribution < 1.29 is 24.8 Å². The first-order valence-electron chi connectivity index (χ1n) is 19.7. The number of aryl methyl sites for hydroxylation is 1. The number of hydrogen-bond acceptors (Lipinski definition) is 7. The van der Waals surface area contributed by atoms with Crippen LogP contribution in [0, 0.1) is 37.9 Å². The largest absolute Gasteiger partial charge is 0.508 e. The Labute approximate surface area is 358 Å². The van der Waals surface area contributed by atoms with Crippen LogP contribution in [0.1, 0.15) is 74.6 Å². The molecule has 303 valence electrons. The summed E-state index contributed by atoms with van der Waals surface area (Å²) in [5, 5.41) is 12.8. The Bertz CT molecular complexity index is 2150. The maximum Gasteiger partial charge on any atom is 0.116 e. The molecule has 11 heteroatoms. The first kappa shape index (κ1) is 42.1. The molecule has 6 aromatic rings. The van der Waals surface area contributed by atoms with Crippen molar-refractivity contribution in [3.05, 3.63) is 182 Å². The molecule has 10 nitrogen and oxygen atoms in total. The number of hydrogen-bond donors (Lipinski definition) is 0. The second kappa shape index (κ2) is 20.3. The molecular weight excluding hydrogens is 897 g/mol. The Hall–Kier alpha value is -5.51. The zero-order valence-electron chi connectivity index (χ0n) is 33.9. The Balaban J connectivity index is 0.000000198. The van der Waals surface area contributed by atoms with Crippen molar-refractivity contribution in [1.82, 2.24) is 34.7 Å². The third-order valence-corrected chi connectivity index (χ3v) is 9.84. The average Bonchev–Trinajstić information content (AvgIpc) is 4.06. The molecule has 0 amide bonds. The molecule has 0 N–H and O–H groups in total. The van der Waals surface area contributed by atoms with Crippen LogP contribution < -0.4 is 14.5 Å². The van der Waals surface area contributed by atoms with E-state index >= 15 is 0 Å². The molecule has 58 heavy (non-hydrogen) atoms. The molecule has 2 aliphatic rings. The number of aromatic nitrogens is 6. The van der Waals surface area contributed by atoms with Crippen molar-refractivity contribution in [2.45, 2.75) is 65.5 Å². The van der Waals surface area contributed by atoms with Gasteiger partial charge in [0.05, 0.1) is 7.05 Å². The number of rotatable bonds is 14. The first-order chi connectivity index (χ1) is 27.8. The molecule has 0 unspecified atom stereocenters. The smallest absolute Gasteiger partial charge is 0.116 e. The zero-order valence-corrected chi connectivity index (χ0v) is 36.3. The predicted octanol–water partition coefficient (Wildman–Crippen LogP) is 8.10. The van der Waals surface area contributed by atoms with Gasteiger partial charge in [-0.05, 0) is 73.7 Å². The Morgan fingerprint density at radius 2 is 1.22 bits per heavy atom. The molecule has 2 aliphatic heterocycles. The van der Waals surface area contributed by atoms with Gasteiger partial charge in [0.2, 0.25) is 0 Å². The standard InChI is InChI=1S/C28H34N4.C19H17N6.Ir/c1-23(2)25-9-7-11-27(19-25)31-17-15-29(21-31)13-5-6-14-30-16-18-32(22-30)28-12-8-10-26(20-28)24(3)4;1-23-19(15-25(22-23)13-17-10-6-3-7-11-17)18-14-24(21-20-18)12-16-8-4-2-5-9-16;/h7-10,15-24H,5-6,13-14H2,1-4H3;2-11H,12-13H2,1H3;/q-4;-1;. The Morgan fingerprint density at radius 1 is 0.690 bits per heavy atom. The van der Waals surface area contributed by atoms with E-state index in [4.69, 9.17) is 0 Å². The van der Waals surface area contributed by atoms with E-state index < -0.39 is 0 Å². The molecule has 0 saturated heterocycles. The van der Waals surface area contributed by atoms with Crippen LogP contribution in [-0.4, -0.2) is 47.8 Å². The van der Waals surface area contributed by atoms with Crippen molar-refractivity contribution in [2.75, 3.05) is 22.9 Å². The van der Waals surface area contributed by atoms with E-state index in [0.717, 1.165) is 48.6 Å². The maximum absolute atomic E-state index is 4.46. The van der Waals surface area contributed by atoms with Gasteiger partial charge in [-0.25, -0.2) is 15.6 Å². The fourth-order valence-corrected chi connectivity index (χ4v) is 6.54. The molecule has 1 radical (unpaired) electrons. The van der Waals surface area contributed by atoms with E-state index in [9.17, 15) is 0 Å². The van der Waals surface area contributed by atoms with E-state index in [0.29, 0.717) is 30.6 Å². The summed E-state index contributed by atoms with van der Waals surface area (Å²) < 4.78 is 5.22. The van der Waals surface area contributed by atoms with Gasteiger partial charge < -0.3 is 24.3 Å². The number of nitrogens with zero attached hydrogens (tertiary/aromatic N) is 10. The molecule has 8 rings (SSSR count). The normalized spacial score (nSPS) is 13.4. The molecule has 0 bridgehead atoms. The summed E-state index contributed by atoms with van der Waals surface area (Å²) in [5.41, 5.74) is 8.62. The molecule has 4 aromatic carbocycles. The molecule has 0 spiro atoms. The molecular formula is C47H51IrN10-5. The van der Waals surface area contributed by atoms with Crippen LogP contribution in [0.3, 0.4) is 0 Å². The van der Waals surface area contributed by atoms with Gasteiger partial charge in [-0.1, -0.05) is 100 Å². The van der Waals surface area contributed by atoms with Gasteiger partial charge in [-0.3, -0.25) is 5.10 Å². The SMILES string of the molecule is CC(C)c1cc[c-]c(N2C=CN(CCCCN3C=CN(c4[c-]ccc(C(C)C)c4)[CH-]3)[CH-]2)c1.Cn1n[n+](Cc2ccccc2)[c-]c1-c1[c-]n(Cc2ccccc2)nn1.[Ir]. The van der Waals surface area contributed by atoms with Crippen molar-refractivity contribution >= 4 is 11.4 Å². The summed E-state index contributed by atoms with van der Waals surface area (Å²) in [6, 6.07) is 39.8. The van der Waals surface area contributed by atoms with Gasteiger partial charge in [0.25, 0.3) is 0 Å². The molecule has 0 fully saturated rings. The van der Waals surface area contributed by atoms with Gasteiger partial charge in [0.1, 0.15) is 6.54 Å². The van der Waals surface area contributed by atoms with Crippen LogP contribution in [0.25, 0.3) is 11.4 Å². The molecule has 2 aromatic heterocycles. The molecule has 0 saturated carbocycles. The fraction of sp³-hybridized carbons (Fsp3) is 0.277. The maximum atomic E-state index is 4.46. The quantitative estimate of drug-likeness (QED) is 0.0622. The molecule has 0 aliphatic carbocycles. The second-order valence-corrected chi connectivity index (χ2v) is 15.0. The Morgan fingerprint density at radius 3 is 1.76 bits per heavy atom. The van der Waals surface area contributed by atoms with Gasteiger partial charge >= 0.3 is 0 Å². The minimum atomic E-state index is 0. The average molecular weight is 948 g/mol. The first-order valence-corrected chi connectivity index (χ1v) is 19.7. The van der Waals surface area contributed by atoms with Crippen LogP contribution >= 0.6 is 0 Å². The zero-order chi connectivity index (χ0) is 39.6. The third-order valence-electron chi connectivity index (χ3n) is 9.84. The van der Waals surface area contributed by atoms with E-state index in [1.54, 1.807) is 14.0 Å². The van der Waals surface area contributed by atoms with Gasteiger partial charge in [-0.2, -0.15) is 66.6 Å². The summed E-state index contributed by atoms with van der Waals surface area (Å²) in [7, 11) is 1.87. The van der Waals surface area contributed by atoms with E-state index in [-0.39, 0.29) is 20.1 Å². The Kier molecular flexibility index (Phi) is 14.7. The topological polar surface area (TPSA) is 65.4 Å². The summed E-state index contributed by atoms with van der Waals surface area (Å²) in [6.07, 6.45) is 17.2. The van der Waals surface area contributed by atoms with E-state index in [1.807, 2.05) is 55.6 Å². The monoisotopic (exact) mass is 948 g/mol. The summed E-state index contributed by atoms with van der Waals surface area (Å²) in [5.74, 6) is 1.05. The van der Waals surface area contributed by atoms with Crippen molar-refractivity contribution in [2.24, 2.45) is 7.05 Å². The number of unbranched alkanes of at least 4 members (excludes halogenated alkanes) is 1. The van der Waals surface area contributed by atoms with Crippen LogP contribution in [0.4, 0.5) is 11.4 Å². The third kappa shape index (κ3) is 11.3. The summed E-state index contributed by atoms with van der Waals surface area (Å²) in [6.45, 7) is 16.6. The van der Waals surface area contributed by atoms with E-state index in [1.165, 1.54) is 16.7 Å². The summed E-state index contributed by atoms with van der Waals surface area (Å²) in [4.78, 5) is 8.83. The van der Waals surface area contributed by atoms with Crippen LogP contribution in [0.15, 0.2) is 122 Å². The van der Waals surface area contributed by atoms with Crippen molar-refractivity contribution in [3.8, 4) is 11.4 Å². The van der Waals surface area contributed by atoms with Gasteiger partial charge in [0, 0.05) is 31.9 Å². The number of anilines is 2. The van der Waals surface area contributed by atoms with E-state index in [2.05, 4.69) is 174 Å². The summed E-state index contributed by atoms with van der Waals surface area (Å²) >= 11 is 0. The minimum Gasteiger partial charge on any atom is -0.508 e. The molecule has 0 atom stereocenters. The van der Waals surface area contributed by atoms with Crippen molar-refractivity contribution in [3.63, 3.8) is 0 Å². The van der Waals surface area contributed by atoms with Gasteiger partial charge in [-0.15, -0.1) is 28.7 Å². The molecule has 4 heterocycles. The van der Waals surface area contributed by atoms with Gasteiger partial charge in [0.15, 0.2) is 0 Å². The number of benzene rings is 4. The minimum absolute atomic E-state index is 0. The fourth-order valence-electron chi connectivity index (χ4n) is 6.54. The van der Waals surface area contributed by atoms with Crippen LogP contribution in [0.2, 0.25) is 0 Å². The van der Waals surface area contributed by atoms with Crippen LogP contribution in [-0.2, 0) is 40.2 Å². The van der Waals surface area contributed by atoms with Crippen molar-refractivity contribution in [1.29, 1.82) is 0 Å². The second-order valence-electron chi connectivity index (χ2n) is 15.0. The van der Waals surface area contributed by atoms with Crippen LogP contribution in [0.5, 0.6) is 0 Å².